The number of aromatic nitrogens is 2. The van der Waals surface area contributed by atoms with Gasteiger partial charge in [0, 0.05) is 21.0 Å². The van der Waals surface area contributed by atoms with Crippen LogP contribution in [-0.2, 0) is 0 Å². The molecule has 0 saturated heterocycles. The predicted octanol–water partition coefficient (Wildman–Crippen LogP) is 9.31. The molecular formula is C32H28N2S. The maximum atomic E-state index is 5.19. The molecule has 0 bridgehead atoms. The van der Waals surface area contributed by atoms with Gasteiger partial charge < -0.3 is 0 Å². The highest BCUT2D eigenvalue weighted by Crippen LogP contribution is 2.39. The Hall–Kier alpha value is -3.69. The smallest absolute Gasteiger partial charge is 0.147 e. The molecule has 0 aliphatic heterocycles. The van der Waals surface area contributed by atoms with Crippen LogP contribution in [0, 0.1) is 13.8 Å². The third kappa shape index (κ3) is 3.67. The second-order valence-electron chi connectivity index (χ2n) is 9.64. The van der Waals surface area contributed by atoms with E-state index in [1.165, 1.54) is 49.2 Å². The third-order valence-corrected chi connectivity index (χ3v) is 7.85. The van der Waals surface area contributed by atoms with Crippen molar-refractivity contribution in [2.24, 2.45) is 0 Å². The molecule has 3 heteroatoms. The third-order valence-electron chi connectivity index (χ3n) is 6.89. The van der Waals surface area contributed by atoms with Crippen LogP contribution in [0.5, 0.6) is 0 Å². The van der Waals surface area contributed by atoms with E-state index in [2.05, 4.69) is 123 Å². The largest absolute Gasteiger partial charge is 0.292 e. The molecule has 2 aromatic heterocycles. The average molecular weight is 473 g/mol. The lowest BCUT2D eigenvalue weighted by atomic mass is 9.98. The quantitative estimate of drug-likeness (QED) is 0.250. The van der Waals surface area contributed by atoms with Crippen molar-refractivity contribution in [3.05, 3.63) is 107 Å². The number of rotatable bonds is 4. The lowest BCUT2D eigenvalue weighted by Gasteiger charge is -2.17. The summed E-state index contributed by atoms with van der Waals surface area (Å²) in [4.78, 5) is 5.19. The van der Waals surface area contributed by atoms with E-state index >= 15 is 0 Å². The van der Waals surface area contributed by atoms with Crippen molar-refractivity contribution in [2.45, 2.75) is 33.6 Å². The first-order valence-electron chi connectivity index (χ1n) is 12.2. The van der Waals surface area contributed by atoms with Crippen LogP contribution in [0.2, 0.25) is 0 Å². The van der Waals surface area contributed by atoms with Gasteiger partial charge in [-0.1, -0.05) is 62.4 Å². The minimum atomic E-state index is 0.487. The predicted molar refractivity (Wildman–Crippen MR) is 151 cm³/mol. The Balaban J connectivity index is 1.63. The zero-order chi connectivity index (χ0) is 24.1. The van der Waals surface area contributed by atoms with Crippen LogP contribution in [0.15, 0.2) is 90.3 Å². The van der Waals surface area contributed by atoms with Crippen molar-refractivity contribution in [1.82, 2.24) is 9.55 Å². The van der Waals surface area contributed by atoms with E-state index in [4.69, 9.17) is 4.98 Å². The summed E-state index contributed by atoms with van der Waals surface area (Å²) in [6.07, 6.45) is 0. The summed E-state index contributed by atoms with van der Waals surface area (Å²) in [5, 5.41) is 3.56. The lowest BCUT2D eigenvalue weighted by Crippen LogP contribution is -2.03. The topological polar surface area (TPSA) is 17.8 Å². The van der Waals surface area contributed by atoms with Crippen LogP contribution in [-0.4, -0.2) is 9.55 Å². The molecule has 6 rings (SSSR count). The van der Waals surface area contributed by atoms with Gasteiger partial charge in [-0.3, -0.25) is 4.57 Å². The van der Waals surface area contributed by atoms with Crippen molar-refractivity contribution < 1.29 is 0 Å². The molecule has 0 aliphatic carbocycles. The van der Waals surface area contributed by atoms with Crippen molar-refractivity contribution >= 4 is 32.5 Å². The normalized spacial score (nSPS) is 11.7. The van der Waals surface area contributed by atoms with E-state index in [1.807, 2.05) is 0 Å². The summed E-state index contributed by atoms with van der Waals surface area (Å²) in [5.41, 5.74) is 10.9. The monoisotopic (exact) mass is 472 g/mol. The Morgan fingerprint density at radius 3 is 2.23 bits per heavy atom. The Morgan fingerprint density at radius 2 is 1.49 bits per heavy atom. The van der Waals surface area contributed by atoms with Crippen LogP contribution >= 0.6 is 11.3 Å². The summed E-state index contributed by atoms with van der Waals surface area (Å²) < 4.78 is 3.68. The second-order valence-corrected chi connectivity index (χ2v) is 10.6. The SMILES string of the molecule is Cc1cc(-c2ccccc2)cc(C)c1-n1c(-c2csc3ccc(C(C)C)cc23)nc2ccccc21. The first kappa shape index (κ1) is 21.8. The van der Waals surface area contributed by atoms with Gasteiger partial charge in [0.2, 0.25) is 0 Å². The molecular weight excluding hydrogens is 444 g/mol. The first-order chi connectivity index (χ1) is 17.0. The number of hydrogen-bond acceptors (Lipinski definition) is 2. The minimum Gasteiger partial charge on any atom is -0.292 e. The number of aryl methyl sites for hydroxylation is 2. The van der Waals surface area contributed by atoms with Gasteiger partial charge in [0.15, 0.2) is 0 Å². The van der Waals surface area contributed by atoms with Crippen LogP contribution in [0.25, 0.3) is 49.3 Å². The van der Waals surface area contributed by atoms with Crippen molar-refractivity contribution in [2.75, 3.05) is 0 Å². The minimum absolute atomic E-state index is 0.487. The fourth-order valence-corrected chi connectivity index (χ4v) is 6.04. The molecule has 2 nitrogen and oxygen atoms in total. The Bertz CT molecular complexity index is 1660. The number of hydrogen-bond donors (Lipinski definition) is 0. The molecule has 0 fully saturated rings. The summed E-state index contributed by atoms with van der Waals surface area (Å²) in [7, 11) is 0. The molecule has 172 valence electrons. The van der Waals surface area contributed by atoms with E-state index in [1.54, 1.807) is 11.3 Å². The molecule has 0 spiro atoms. The molecule has 0 radical (unpaired) electrons. The molecule has 0 N–H and O–H groups in total. The summed E-state index contributed by atoms with van der Waals surface area (Å²) >= 11 is 1.80. The number of para-hydroxylation sites is 2. The van der Waals surface area contributed by atoms with Crippen LogP contribution < -0.4 is 0 Å². The fourth-order valence-electron chi connectivity index (χ4n) is 5.12. The van der Waals surface area contributed by atoms with Gasteiger partial charge in [0.05, 0.1) is 16.7 Å². The Kier molecular flexibility index (Phi) is 5.31. The van der Waals surface area contributed by atoms with Crippen molar-refractivity contribution in [3.8, 4) is 28.2 Å². The zero-order valence-electron chi connectivity index (χ0n) is 20.5. The van der Waals surface area contributed by atoms with E-state index in [0.29, 0.717) is 5.92 Å². The molecule has 0 unspecified atom stereocenters. The van der Waals surface area contributed by atoms with Crippen LogP contribution in [0.1, 0.15) is 36.5 Å². The summed E-state index contributed by atoms with van der Waals surface area (Å²) in [5.74, 6) is 1.50. The maximum absolute atomic E-state index is 5.19. The van der Waals surface area contributed by atoms with Gasteiger partial charge in [-0.15, -0.1) is 11.3 Å². The highest BCUT2D eigenvalue weighted by molar-refractivity contribution is 7.17. The summed E-state index contributed by atoms with van der Waals surface area (Å²) in [6.45, 7) is 8.94. The Morgan fingerprint density at radius 1 is 0.771 bits per heavy atom. The number of thiophene rings is 1. The molecule has 0 amide bonds. The second kappa shape index (κ2) is 8.51. The highest BCUT2D eigenvalue weighted by Gasteiger charge is 2.20. The molecule has 4 aromatic carbocycles. The fraction of sp³-hybridized carbons (Fsp3) is 0.156. The van der Waals surface area contributed by atoms with Gasteiger partial charge in [-0.05, 0) is 84.0 Å². The number of nitrogens with zero attached hydrogens (tertiary/aromatic N) is 2. The zero-order valence-corrected chi connectivity index (χ0v) is 21.4. The highest BCUT2D eigenvalue weighted by atomic mass is 32.1. The molecule has 35 heavy (non-hydrogen) atoms. The number of fused-ring (bicyclic) bond motifs is 2. The average Bonchev–Trinajstić information content (AvgIpc) is 3.45. The molecule has 0 aliphatic rings. The number of benzene rings is 4. The first-order valence-corrected chi connectivity index (χ1v) is 13.1. The standard InChI is InChI=1S/C32H28N2S/c1-20(2)24-14-15-30-26(18-24)27(19-35-30)32-33-28-12-8-9-13-29(28)34(32)31-21(3)16-25(17-22(31)4)23-10-6-5-7-11-23/h5-20H,1-4H3. The van der Waals surface area contributed by atoms with E-state index in [0.717, 1.165) is 16.9 Å². The molecule has 2 heterocycles. The van der Waals surface area contributed by atoms with Gasteiger partial charge >= 0.3 is 0 Å². The van der Waals surface area contributed by atoms with Gasteiger partial charge in [0.1, 0.15) is 5.82 Å². The van der Waals surface area contributed by atoms with Gasteiger partial charge in [0.25, 0.3) is 0 Å². The van der Waals surface area contributed by atoms with E-state index in [9.17, 15) is 0 Å². The summed E-state index contributed by atoms with van der Waals surface area (Å²) in [6, 6.07) is 30.6. The van der Waals surface area contributed by atoms with E-state index in [-0.39, 0.29) is 0 Å². The lowest BCUT2D eigenvalue weighted by molar-refractivity contribution is 0.869. The number of imidazole rings is 1. The Labute approximate surface area is 210 Å². The van der Waals surface area contributed by atoms with Crippen molar-refractivity contribution in [3.63, 3.8) is 0 Å². The van der Waals surface area contributed by atoms with Gasteiger partial charge in [-0.25, -0.2) is 4.98 Å². The maximum Gasteiger partial charge on any atom is 0.147 e. The molecule has 0 atom stereocenters. The molecule has 6 aromatic rings. The van der Waals surface area contributed by atoms with Crippen LogP contribution in [0.4, 0.5) is 0 Å². The molecule has 0 saturated carbocycles. The van der Waals surface area contributed by atoms with Crippen molar-refractivity contribution in [1.29, 1.82) is 0 Å². The van der Waals surface area contributed by atoms with E-state index < -0.39 is 0 Å². The van der Waals surface area contributed by atoms with Crippen LogP contribution in [0.3, 0.4) is 0 Å². The van der Waals surface area contributed by atoms with Gasteiger partial charge in [-0.2, -0.15) is 0 Å².